The van der Waals surface area contributed by atoms with Gasteiger partial charge in [-0.2, -0.15) is 13.9 Å². The number of hydrogen-bond donors (Lipinski definition) is 1. The standard InChI is InChI=1S/C24H28F2N4O4/c1-23(2,3)34-22(33)30-11-10-17(24(25,26)13-30)14-8-9-15-18(12-14)29(4)28-20(15)16-6-5-7-19(31)27-21(16)32/h8-10,12,16H,5-7,11,13H2,1-4H3,(H,27,31,32)/t16-/m0/s1. The quantitative estimate of drug-likeness (QED) is 0.669. The topological polar surface area (TPSA) is 93.5 Å². The number of benzene rings is 1. The van der Waals surface area contributed by atoms with Gasteiger partial charge < -0.3 is 4.74 Å². The van der Waals surface area contributed by atoms with Crippen LogP contribution in [0.5, 0.6) is 0 Å². The highest BCUT2D eigenvalue weighted by atomic mass is 19.3. The molecular weight excluding hydrogens is 446 g/mol. The normalized spacial score (nSPS) is 21.2. The number of rotatable bonds is 2. The van der Waals surface area contributed by atoms with Gasteiger partial charge in [-0.1, -0.05) is 18.2 Å². The molecule has 1 atom stereocenters. The molecule has 0 saturated carbocycles. The molecule has 1 aromatic heterocycles. The first kappa shape index (κ1) is 23.8. The Hall–Kier alpha value is -3.30. The molecule has 3 heterocycles. The Morgan fingerprint density at radius 1 is 1.26 bits per heavy atom. The van der Waals surface area contributed by atoms with Gasteiger partial charge in [-0.25, -0.2) is 4.79 Å². The third kappa shape index (κ3) is 4.67. The molecule has 2 aliphatic rings. The molecule has 10 heteroatoms. The lowest BCUT2D eigenvalue weighted by Gasteiger charge is -2.34. The van der Waals surface area contributed by atoms with E-state index in [9.17, 15) is 14.4 Å². The molecule has 1 saturated heterocycles. The number of carbonyl (C=O) groups excluding carboxylic acids is 3. The Morgan fingerprint density at radius 3 is 2.68 bits per heavy atom. The van der Waals surface area contributed by atoms with E-state index in [1.165, 1.54) is 6.08 Å². The molecule has 2 aromatic rings. The highest BCUT2D eigenvalue weighted by molar-refractivity contribution is 6.01. The van der Waals surface area contributed by atoms with E-state index in [4.69, 9.17) is 4.74 Å². The first-order valence-corrected chi connectivity index (χ1v) is 11.2. The molecule has 0 radical (unpaired) electrons. The Bertz CT molecular complexity index is 1200. The monoisotopic (exact) mass is 474 g/mol. The van der Waals surface area contributed by atoms with Gasteiger partial charge in [0.05, 0.1) is 23.7 Å². The molecule has 1 aromatic carbocycles. The van der Waals surface area contributed by atoms with Crippen molar-refractivity contribution in [1.82, 2.24) is 20.0 Å². The van der Waals surface area contributed by atoms with E-state index >= 15 is 8.78 Å². The summed E-state index contributed by atoms with van der Waals surface area (Å²) in [6.45, 7) is 4.27. The first-order chi connectivity index (χ1) is 15.9. The van der Waals surface area contributed by atoms with Crippen LogP contribution in [0.15, 0.2) is 24.3 Å². The maximum Gasteiger partial charge on any atom is 0.410 e. The molecule has 1 N–H and O–H groups in total. The molecule has 4 rings (SSSR count). The van der Waals surface area contributed by atoms with Gasteiger partial charge in [0, 0.05) is 31.0 Å². The minimum atomic E-state index is -3.27. The van der Waals surface area contributed by atoms with Gasteiger partial charge in [-0.3, -0.25) is 24.5 Å². The van der Waals surface area contributed by atoms with Gasteiger partial charge in [0.25, 0.3) is 5.92 Å². The van der Waals surface area contributed by atoms with Crippen molar-refractivity contribution < 1.29 is 27.9 Å². The maximum absolute atomic E-state index is 15.1. The Morgan fingerprint density at radius 2 is 2.00 bits per heavy atom. The number of imide groups is 1. The predicted octanol–water partition coefficient (Wildman–Crippen LogP) is 3.75. The summed E-state index contributed by atoms with van der Waals surface area (Å²) in [6, 6.07) is 4.88. The molecule has 34 heavy (non-hydrogen) atoms. The van der Waals surface area contributed by atoms with Crippen LogP contribution in [0.1, 0.15) is 57.2 Å². The van der Waals surface area contributed by atoms with Gasteiger partial charge in [0.2, 0.25) is 11.8 Å². The number of nitrogens with one attached hydrogen (secondary N) is 1. The summed E-state index contributed by atoms with van der Waals surface area (Å²) in [4.78, 5) is 37.5. The van der Waals surface area contributed by atoms with E-state index in [2.05, 4.69) is 10.4 Å². The lowest BCUT2D eigenvalue weighted by molar-refractivity contribution is -0.130. The second kappa shape index (κ2) is 8.48. The van der Waals surface area contributed by atoms with Gasteiger partial charge in [0.15, 0.2) is 0 Å². The fourth-order valence-electron chi connectivity index (χ4n) is 4.39. The fourth-order valence-corrected chi connectivity index (χ4v) is 4.39. The van der Waals surface area contributed by atoms with E-state index in [1.807, 2.05) is 0 Å². The van der Waals surface area contributed by atoms with Crippen molar-refractivity contribution in [1.29, 1.82) is 0 Å². The SMILES string of the molecule is Cn1nc([C@@H]2CCCC(=O)NC2=O)c2ccc(C3=CCN(C(=O)OC(C)(C)C)CC3(F)F)cc21. The van der Waals surface area contributed by atoms with Crippen LogP contribution >= 0.6 is 0 Å². The molecular formula is C24H28F2N4O4. The lowest BCUT2D eigenvalue weighted by Crippen LogP contribution is -2.46. The highest BCUT2D eigenvalue weighted by Gasteiger charge is 2.42. The fraction of sp³-hybridized carbons (Fsp3) is 0.500. The summed E-state index contributed by atoms with van der Waals surface area (Å²) in [5.74, 6) is -4.55. The number of aromatic nitrogens is 2. The van der Waals surface area contributed by atoms with Crippen LogP contribution in [0.4, 0.5) is 13.6 Å². The van der Waals surface area contributed by atoms with Crippen molar-refractivity contribution in [3.8, 4) is 0 Å². The van der Waals surface area contributed by atoms with E-state index in [0.29, 0.717) is 35.0 Å². The van der Waals surface area contributed by atoms with Crippen molar-refractivity contribution in [2.24, 2.45) is 7.05 Å². The van der Waals surface area contributed by atoms with E-state index in [0.717, 1.165) is 4.90 Å². The van der Waals surface area contributed by atoms with Crippen LogP contribution in [0.25, 0.3) is 16.5 Å². The smallest absolute Gasteiger partial charge is 0.410 e. The van der Waals surface area contributed by atoms with E-state index < -0.39 is 36.0 Å². The predicted molar refractivity (Wildman–Crippen MR) is 121 cm³/mol. The number of fused-ring (bicyclic) bond motifs is 1. The molecule has 3 amide bonds. The van der Waals surface area contributed by atoms with Crippen LogP contribution in [0.3, 0.4) is 0 Å². The number of alkyl halides is 2. The van der Waals surface area contributed by atoms with Crippen molar-refractivity contribution in [2.75, 3.05) is 13.1 Å². The number of carbonyl (C=O) groups is 3. The minimum Gasteiger partial charge on any atom is -0.444 e. The summed E-state index contributed by atoms with van der Waals surface area (Å²) >= 11 is 0. The second-order valence-corrected chi connectivity index (χ2v) is 9.78. The second-order valence-electron chi connectivity index (χ2n) is 9.78. The van der Waals surface area contributed by atoms with Gasteiger partial charge >= 0.3 is 6.09 Å². The van der Waals surface area contributed by atoms with Gasteiger partial charge in [0.1, 0.15) is 5.60 Å². The zero-order chi connectivity index (χ0) is 24.8. The number of amides is 3. The number of ether oxygens (including phenoxy) is 1. The summed E-state index contributed by atoms with van der Waals surface area (Å²) in [5, 5.41) is 7.55. The van der Waals surface area contributed by atoms with Crippen LogP contribution in [0, 0.1) is 0 Å². The third-order valence-electron chi connectivity index (χ3n) is 5.95. The maximum atomic E-state index is 15.1. The summed E-state index contributed by atoms with van der Waals surface area (Å²) in [5.41, 5.74) is 0.491. The van der Waals surface area contributed by atoms with Crippen molar-refractivity contribution in [3.05, 3.63) is 35.5 Å². The summed E-state index contributed by atoms with van der Waals surface area (Å²) in [6.07, 6.45) is 1.88. The van der Waals surface area contributed by atoms with Crippen molar-refractivity contribution >= 4 is 34.4 Å². The van der Waals surface area contributed by atoms with Crippen LogP contribution in [-0.4, -0.2) is 57.2 Å². The Balaban J connectivity index is 1.64. The van der Waals surface area contributed by atoms with Crippen LogP contribution in [-0.2, 0) is 21.4 Å². The van der Waals surface area contributed by atoms with E-state index in [-0.39, 0.29) is 24.4 Å². The number of hydrogen-bond acceptors (Lipinski definition) is 5. The highest BCUT2D eigenvalue weighted by Crippen LogP contribution is 2.39. The molecule has 182 valence electrons. The largest absolute Gasteiger partial charge is 0.444 e. The zero-order valence-electron chi connectivity index (χ0n) is 19.7. The summed E-state index contributed by atoms with van der Waals surface area (Å²) in [7, 11) is 1.69. The number of nitrogens with zero attached hydrogens (tertiary/aromatic N) is 3. The van der Waals surface area contributed by atoms with Gasteiger partial charge in [-0.15, -0.1) is 0 Å². The van der Waals surface area contributed by atoms with Crippen molar-refractivity contribution in [2.45, 2.75) is 57.5 Å². The molecule has 0 bridgehead atoms. The molecule has 0 unspecified atom stereocenters. The van der Waals surface area contributed by atoms with Gasteiger partial charge in [-0.05, 0) is 45.2 Å². The van der Waals surface area contributed by atoms with Crippen molar-refractivity contribution in [3.63, 3.8) is 0 Å². The van der Waals surface area contributed by atoms with Crippen LogP contribution in [0.2, 0.25) is 0 Å². The zero-order valence-corrected chi connectivity index (χ0v) is 19.7. The average molecular weight is 475 g/mol. The Kier molecular flexibility index (Phi) is 5.95. The molecule has 8 nitrogen and oxygen atoms in total. The first-order valence-electron chi connectivity index (χ1n) is 11.2. The number of halogens is 2. The minimum absolute atomic E-state index is 0.00475. The average Bonchev–Trinajstić information content (AvgIpc) is 2.94. The van der Waals surface area contributed by atoms with E-state index in [1.54, 1.807) is 50.7 Å². The van der Waals surface area contributed by atoms with Crippen LogP contribution < -0.4 is 5.32 Å². The Labute approximate surface area is 195 Å². The molecule has 0 spiro atoms. The lowest BCUT2D eigenvalue weighted by atomic mass is 9.93. The third-order valence-corrected chi connectivity index (χ3v) is 5.95. The molecule has 2 aliphatic heterocycles. The summed E-state index contributed by atoms with van der Waals surface area (Å²) < 4.78 is 37.0. The molecule has 1 fully saturated rings. The molecule has 0 aliphatic carbocycles. The number of aryl methyl sites for hydroxylation is 1.